The molecule has 17 heavy (non-hydrogen) atoms. The van der Waals surface area contributed by atoms with Crippen LogP contribution in [0.4, 0.5) is 0 Å². The molecule has 1 heterocycles. The van der Waals surface area contributed by atoms with E-state index in [2.05, 4.69) is 41.8 Å². The Kier molecular flexibility index (Phi) is 4.24. The van der Waals surface area contributed by atoms with Crippen LogP contribution in [-0.2, 0) is 6.54 Å². The summed E-state index contributed by atoms with van der Waals surface area (Å²) in [6, 6.07) is 2.45. The summed E-state index contributed by atoms with van der Waals surface area (Å²) in [5, 5.41) is 0. The molecule has 0 radical (unpaired) electrons. The number of likely N-dealkylation sites (N-methyl/N-ethyl adjacent to an activating group) is 1. The van der Waals surface area contributed by atoms with E-state index in [9.17, 15) is 0 Å². The third kappa shape index (κ3) is 3.33. The Labute approximate surface area is 105 Å². The quantitative estimate of drug-likeness (QED) is 0.786. The smallest absolute Gasteiger partial charge is 0.0347 e. The summed E-state index contributed by atoms with van der Waals surface area (Å²) in [5.41, 5.74) is 7.51. The number of hydrogen-bond acceptors (Lipinski definition) is 2. The van der Waals surface area contributed by atoms with Gasteiger partial charge in [-0.15, -0.1) is 0 Å². The van der Waals surface area contributed by atoms with Crippen LogP contribution in [0.3, 0.4) is 0 Å². The van der Waals surface area contributed by atoms with Crippen molar-refractivity contribution in [3.8, 4) is 0 Å². The van der Waals surface area contributed by atoms with Gasteiger partial charge < -0.3 is 15.2 Å². The zero-order chi connectivity index (χ0) is 12.3. The molecule has 0 aliphatic heterocycles. The average molecular weight is 235 g/mol. The second-order valence-corrected chi connectivity index (χ2v) is 5.07. The lowest BCUT2D eigenvalue weighted by atomic mass is 10.1. The Bertz CT molecular complexity index is 337. The van der Waals surface area contributed by atoms with Crippen molar-refractivity contribution in [1.82, 2.24) is 9.47 Å². The summed E-state index contributed by atoms with van der Waals surface area (Å²) in [6.45, 7) is 8.89. The molecule has 3 heteroatoms. The zero-order valence-electron chi connectivity index (χ0n) is 11.1. The van der Waals surface area contributed by atoms with Gasteiger partial charge >= 0.3 is 0 Å². The van der Waals surface area contributed by atoms with Gasteiger partial charge in [-0.2, -0.15) is 0 Å². The predicted molar refractivity (Wildman–Crippen MR) is 71.9 cm³/mol. The average Bonchev–Trinajstić information content (AvgIpc) is 3.09. The first-order valence-electron chi connectivity index (χ1n) is 6.88. The van der Waals surface area contributed by atoms with Crippen LogP contribution < -0.4 is 5.73 Å². The van der Waals surface area contributed by atoms with Gasteiger partial charge in [0.1, 0.15) is 0 Å². The number of hydrogen-bond donors (Lipinski definition) is 1. The highest BCUT2D eigenvalue weighted by Gasteiger charge is 2.29. The van der Waals surface area contributed by atoms with Gasteiger partial charge in [0.2, 0.25) is 0 Å². The Morgan fingerprint density at radius 3 is 2.71 bits per heavy atom. The molecular weight excluding hydrogens is 210 g/mol. The van der Waals surface area contributed by atoms with Crippen LogP contribution >= 0.6 is 0 Å². The van der Waals surface area contributed by atoms with E-state index in [0.717, 1.165) is 32.1 Å². The predicted octanol–water partition coefficient (Wildman–Crippen LogP) is 2.24. The fraction of sp³-hybridized carbons (Fsp3) is 0.714. The maximum atomic E-state index is 6.20. The van der Waals surface area contributed by atoms with E-state index >= 15 is 0 Å². The lowest BCUT2D eigenvalue weighted by Gasteiger charge is -2.18. The van der Waals surface area contributed by atoms with Gasteiger partial charge in [0.25, 0.3) is 0 Å². The first-order chi connectivity index (χ1) is 8.24. The van der Waals surface area contributed by atoms with Crippen molar-refractivity contribution in [3.63, 3.8) is 0 Å². The maximum absolute atomic E-state index is 6.20. The van der Waals surface area contributed by atoms with Gasteiger partial charge in [-0.05, 0) is 43.5 Å². The summed E-state index contributed by atoms with van der Waals surface area (Å²) in [5.74, 6) is 0.744. The Hall–Kier alpha value is -0.800. The first kappa shape index (κ1) is 12.7. The van der Waals surface area contributed by atoms with E-state index in [1.165, 1.54) is 18.4 Å². The molecule has 0 amide bonds. The molecule has 1 aliphatic rings. The van der Waals surface area contributed by atoms with E-state index in [1.807, 2.05) is 0 Å². The van der Waals surface area contributed by atoms with Gasteiger partial charge in [0, 0.05) is 31.5 Å². The highest BCUT2D eigenvalue weighted by molar-refractivity contribution is 5.17. The minimum atomic E-state index is 0.268. The number of nitrogens with zero attached hydrogens (tertiary/aromatic N) is 2. The fourth-order valence-electron chi connectivity index (χ4n) is 2.32. The Morgan fingerprint density at radius 1 is 1.41 bits per heavy atom. The topological polar surface area (TPSA) is 34.2 Å². The summed E-state index contributed by atoms with van der Waals surface area (Å²) < 4.78 is 2.27. The van der Waals surface area contributed by atoms with E-state index in [1.54, 1.807) is 0 Å². The molecule has 0 saturated heterocycles. The second kappa shape index (κ2) is 5.69. The SMILES string of the molecule is CCN(CC)CCn1ccc(C(N)C2CC2)c1. The summed E-state index contributed by atoms with van der Waals surface area (Å²) in [6.07, 6.45) is 7.02. The third-order valence-corrected chi connectivity index (χ3v) is 3.86. The standard InChI is InChI=1S/C14H25N3/c1-3-16(4-2)9-10-17-8-7-13(11-17)14(15)12-5-6-12/h7-8,11-12,14H,3-6,9-10,15H2,1-2H3. The molecule has 1 aromatic heterocycles. The van der Waals surface area contributed by atoms with Crippen molar-refractivity contribution >= 4 is 0 Å². The van der Waals surface area contributed by atoms with Gasteiger partial charge in [0.15, 0.2) is 0 Å². The molecule has 1 atom stereocenters. The van der Waals surface area contributed by atoms with E-state index in [4.69, 9.17) is 5.73 Å². The van der Waals surface area contributed by atoms with Gasteiger partial charge in [-0.1, -0.05) is 13.8 Å². The maximum Gasteiger partial charge on any atom is 0.0347 e. The van der Waals surface area contributed by atoms with Crippen molar-refractivity contribution in [2.75, 3.05) is 19.6 Å². The van der Waals surface area contributed by atoms with Gasteiger partial charge in [0.05, 0.1) is 0 Å². The van der Waals surface area contributed by atoms with Crippen molar-refractivity contribution in [2.24, 2.45) is 11.7 Å². The molecule has 2 N–H and O–H groups in total. The molecule has 0 aromatic carbocycles. The summed E-state index contributed by atoms with van der Waals surface area (Å²) in [7, 11) is 0. The first-order valence-corrected chi connectivity index (χ1v) is 6.88. The van der Waals surface area contributed by atoms with E-state index in [0.29, 0.717) is 0 Å². The van der Waals surface area contributed by atoms with Crippen LogP contribution in [0.15, 0.2) is 18.5 Å². The van der Waals surface area contributed by atoms with Crippen LogP contribution in [0.2, 0.25) is 0 Å². The molecule has 3 nitrogen and oxygen atoms in total. The van der Waals surface area contributed by atoms with Crippen molar-refractivity contribution in [1.29, 1.82) is 0 Å². The van der Waals surface area contributed by atoms with Crippen LogP contribution in [0, 0.1) is 5.92 Å². The summed E-state index contributed by atoms with van der Waals surface area (Å²) >= 11 is 0. The van der Waals surface area contributed by atoms with E-state index < -0.39 is 0 Å². The molecule has 96 valence electrons. The highest BCUT2D eigenvalue weighted by atomic mass is 15.1. The minimum absolute atomic E-state index is 0.268. The number of aromatic nitrogens is 1. The Morgan fingerprint density at radius 2 is 2.12 bits per heavy atom. The van der Waals surface area contributed by atoms with Gasteiger partial charge in [-0.25, -0.2) is 0 Å². The number of nitrogens with two attached hydrogens (primary N) is 1. The van der Waals surface area contributed by atoms with Crippen LogP contribution in [0.5, 0.6) is 0 Å². The van der Waals surface area contributed by atoms with Crippen LogP contribution in [0.25, 0.3) is 0 Å². The van der Waals surface area contributed by atoms with Gasteiger partial charge in [-0.3, -0.25) is 0 Å². The second-order valence-electron chi connectivity index (χ2n) is 5.07. The van der Waals surface area contributed by atoms with Crippen LogP contribution in [0.1, 0.15) is 38.3 Å². The molecule has 2 rings (SSSR count). The molecule has 1 unspecified atom stereocenters. The fourth-order valence-corrected chi connectivity index (χ4v) is 2.32. The molecule has 1 saturated carbocycles. The van der Waals surface area contributed by atoms with E-state index in [-0.39, 0.29) is 6.04 Å². The molecule has 1 aliphatic carbocycles. The molecule has 0 bridgehead atoms. The van der Waals surface area contributed by atoms with Crippen molar-refractivity contribution in [3.05, 3.63) is 24.0 Å². The summed E-state index contributed by atoms with van der Waals surface area (Å²) in [4.78, 5) is 2.44. The molecule has 1 aromatic rings. The monoisotopic (exact) mass is 235 g/mol. The Balaban J connectivity index is 1.85. The lowest BCUT2D eigenvalue weighted by Crippen LogP contribution is -2.26. The highest BCUT2D eigenvalue weighted by Crippen LogP contribution is 2.39. The van der Waals surface area contributed by atoms with Crippen molar-refractivity contribution < 1.29 is 0 Å². The molecular formula is C14H25N3. The number of rotatable bonds is 7. The molecule has 0 spiro atoms. The largest absolute Gasteiger partial charge is 0.353 e. The third-order valence-electron chi connectivity index (χ3n) is 3.86. The molecule has 1 fully saturated rings. The van der Waals surface area contributed by atoms with Crippen LogP contribution in [-0.4, -0.2) is 29.1 Å². The normalized spacial score (nSPS) is 17.6. The minimum Gasteiger partial charge on any atom is -0.353 e. The zero-order valence-corrected chi connectivity index (χ0v) is 11.1. The van der Waals surface area contributed by atoms with Crippen molar-refractivity contribution in [2.45, 2.75) is 39.3 Å². The lowest BCUT2D eigenvalue weighted by molar-refractivity contribution is 0.290.